The fourth-order valence-corrected chi connectivity index (χ4v) is 0.906. The van der Waals surface area contributed by atoms with Gasteiger partial charge in [-0.25, -0.2) is 0 Å². The molecule has 0 aromatic carbocycles. The molecule has 0 amide bonds. The number of allylic oxidation sites excluding steroid dienone is 4. The van der Waals surface area contributed by atoms with Gasteiger partial charge < -0.3 is 0 Å². The van der Waals surface area contributed by atoms with Gasteiger partial charge in [0.15, 0.2) is 0 Å². The fraction of sp³-hybridized carbons (Fsp3) is 0.583. The van der Waals surface area contributed by atoms with Gasteiger partial charge >= 0.3 is 0 Å². The lowest BCUT2D eigenvalue weighted by Crippen LogP contribution is -2.07. The SMILES string of the molecule is CC/C=C\C=C/CC(=O)C(C)CC. The molecule has 0 saturated heterocycles. The van der Waals surface area contributed by atoms with Crippen molar-refractivity contribution in [3.63, 3.8) is 0 Å². The van der Waals surface area contributed by atoms with Crippen LogP contribution in [0.3, 0.4) is 0 Å². The smallest absolute Gasteiger partial charge is 0.139 e. The zero-order valence-electron chi connectivity index (χ0n) is 8.92. The molecule has 13 heavy (non-hydrogen) atoms. The van der Waals surface area contributed by atoms with Crippen LogP contribution in [0.1, 0.15) is 40.0 Å². The van der Waals surface area contributed by atoms with Gasteiger partial charge in [-0.2, -0.15) is 0 Å². The summed E-state index contributed by atoms with van der Waals surface area (Å²) < 4.78 is 0. The van der Waals surface area contributed by atoms with Gasteiger partial charge in [0.25, 0.3) is 0 Å². The normalized spacial score (nSPS) is 14.1. The number of ketones is 1. The molecule has 0 fully saturated rings. The molecule has 0 saturated carbocycles. The van der Waals surface area contributed by atoms with Crippen molar-refractivity contribution in [2.45, 2.75) is 40.0 Å². The van der Waals surface area contributed by atoms with E-state index >= 15 is 0 Å². The van der Waals surface area contributed by atoms with Crippen LogP contribution in [0.2, 0.25) is 0 Å². The first-order chi connectivity index (χ1) is 6.22. The van der Waals surface area contributed by atoms with Gasteiger partial charge in [-0.15, -0.1) is 0 Å². The third-order valence-corrected chi connectivity index (χ3v) is 2.10. The maximum atomic E-state index is 11.3. The molecule has 1 unspecified atom stereocenters. The quantitative estimate of drug-likeness (QED) is 0.572. The minimum absolute atomic E-state index is 0.208. The zero-order valence-corrected chi connectivity index (χ0v) is 8.92. The lowest BCUT2D eigenvalue weighted by atomic mass is 10.0. The Kier molecular flexibility index (Phi) is 7.27. The number of carbonyl (C=O) groups excluding carboxylic acids is 1. The molecule has 0 bridgehead atoms. The van der Waals surface area contributed by atoms with E-state index in [1.165, 1.54) is 0 Å². The molecular formula is C12H20O. The topological polar surface area (TPSA) is 17.1 Å². The second-order valence-corrected chi connectivity index (χ2v) is 3.24. The molecule has 0 aliphatic heterocycles. The van der Waals surface area contributed by atoms with Gasteiger partial charge in [0.2, 0.25) is 0 Å². The first-order valence-corrected chi connectivity index (χ1v) is 5.06. The van der Waals surface area contributed by atoms with E-state index in [4.69, 9.17) is 0 Å². The van der Waals surface area contributed by atoms with Gasteiger partial charge in [0.1, 0.15) is 5.78 Å². The number of carbonyl (C=O) groups is 1. The second-order valence-electron chi connectivity index (χ2n) is 3.24. The van der Waals surface area contributed by atoms with E-state index in [-0.39, 0.29) is 5.92 Å². The van der Waals surface area contributed by atoms with Gasteiger partial charge in [0.05, 0.1) is 0 Å². The lowest BCUT2D eigenvalue weighted by Gasteiger charge is -2.03. The fourth-order valence-electron chi connectivity index (χ4n) is 0.906. The van der Waals surface area contributed by atoms with E-state index in [1.54, 1.807) is 0 Å². The summed E-state index contributed by atoms with van der Waals surface area (Å²) in [5.74, 6) is 0.545. The van der Waals surface area contributed by atoms with Crippen molar-refractivity contribution in [3.05, 3.63) is 24.3 Å². The van der Waals surface area contributed by atoms with E-state index < -0.39 is 0 Å². The average molecular weight is 180 g/mol. The molecule has 0 N–H and O–H groups in total. The summed E-state index contributed by atoms with van der Waals surface area (Å²) >= 11 is 0. The summed E-state index contributed by atoms with van der Waals surface area (Å²) in [4.78, 5) is 11.3. The Hall–Kier alpha value is -0.850. The molecule has 0 spiro atoms. The van der Waals surface area contributed by atoms with Crippen molar-refractivity contribution >= 4 is 5.78 Å². The van der Waals surface area contributed by atoms with Crippen LogP contribution in [0.4, 0.5) is 0 Å². The van der Waals surface area contributed by atoms with Gasteiger partial charge in [-0.3, -0.25) is 4.79 Å². The predicted molar refractivity (Wildman–Crippen MR) is 57.7 cm³/mol. The van der Waals surface area contributed by atoms with E-state index in [0.717, 1.165) is 12.8 Å². The molecule has 0 rings (SSSR count). The molecule has 0 aromatic rings. The summed E-state index contributed by atoms with van der Waals surface area (Å²) in [6.45, 7) is 6.12. The number of hydrogen-bond acceptors (Lipinski definition) is 1. The molecule has 1 heteroatoms. The molecular weight excluding hydrogens is 160 g/mol. The van der Waals surface area contributed by atoms with Crippen LogP contribution in [0, 0.1) is 5.92 Å². The van der Waals surface area contributed by atoms with Crippen LogP contribution in [0.25, 0.3) is 0 Å². The molecule has 0 aliphatic rings. The Morgan fingerprint density at radius 2 is 1.85 bits per heavy atom. The van der Waals surface area contributed by atoms with Crippen LogP contribution in [0.5, 0.6) is 0 Å². The number of hydrogen-bond donors (Lipinski definition) is 0. The van der Waals surface area contributed by atoms with Crippen molar-refractivity contribution in [1.29, 1.82) is 0 Å². The Balaban J connectivity index is 3.69. The summed E-state index contributed by atoms with van der Waals surface area (Å²) in [6.07, 6.45) is 10.5. The van der Waals surface area contributed by atoms with Crippen molar-refractivity contribution < 1.29 is 4.79 Å². The minimum atomic E-state index is 0.208. The van der Waals surface area contributed by atoms with Crippen LogP contribution in [-0.2, 0) is 4.79 Å². The summed E-state index contributed by atoms with van der Waals surface area (Å²) in [7, 11) is 0. The molecule has 0 aliphatic carbocycles. The van der Waals surface area contributed by atoms with Crippen molar-refractivity contribution in [3.8, 4) is 0 Å². The predicted octanol–water partition coefficient (Wildman–Crippen LogP) is 3.51. The summed E-state index contributed by atoms with van der Waals surface area (Å²) in [5.41, 5.74) is 0. The highest BCUT2D eigenvalue weighted by molar-refractivity contribution is 5.81. The monoisotopic (exact) mass is 180 g/mol. The van der Waals surface area contributed by atoms with Crippen LogP contribution >= 0.6 is 0 Å². The third-order valence-electron chi connectivity index (χ3n) is 2.10. The van der Waals surface area contributed by atoms with Crippen molar-refractivity contribution in [2.24, 2.45) is 5.92 Å². The minimum Gasteiger partial charge on any atom is -0.299 e. The van der Waals surface area contributed by atoms with Crippen LogP contribution in [-0.4, -0.2) is 5.78 Å². The molecule has 74 valence electrons. The standard InChI is InChI=1S/C12H20O/c1-4-6-7-8-9-10-12(13)11(3)5-2/h6-9,11H,4-5,10H2,1-3H3/b7-6-,9-8-. The number of rotatable bonds is 6. The highest BCUT2D eigenvalue weighted by Crippen LogP contribution is 2.05. The van der Waals surface area contributed by atoms with Crippen molar-refractivity contribution in [1.82, 2.24) is 0 Å². The summed E-state index contributed by atoms with van der Waals surface area (Å²) in [5, 5.41) is 0. The van der Waals surface area contributed by atoms with E-state index in [9.17, 15) is 4.79 Å². The zero-order chi connectivity index (χ0) is 10.1. The Labute approximate surface area is 81.5 Å². The molecule has 1 nitrogen and oxygen atoms in total. The van der Waals surface area contributed by atoms with Gasteiger partial charge in [0, 0.05) is 12.3 Å². The Morgan fingerprint density at radius 1 is 1.23 bits per heavy atom. The summed E-state index contributed by atoms with van der Waals surface area (Å²) in [6, 6.07) is 0. The Bertz CT molecular complexity index is 189. The average Bonchev–Trinajstić information content (AvgIpc) is 2.16. The van der Waals surface area contributed by atoms with Gasteiger partial charge in [-0.1, -0.05) is 45.1 Å². The van der Waals surface area contributed by atoms with E-state index in [0.29, 0.717) is 12.2 Å². The molecule has 0 aromatic heterocycles. The highest BCUT2D eigenvalue weighted by atomic mass is 16.1. The first-order valence-electron chi connectivity index (χ1n) is 5.06. The second kappa shape index (κ2) is 7.78. The maximum absolute atomic E-state index is 11.3. The molecule has 0 heterocycles. The highest BCUT2D eigenvalue weighted by Gasteiger charge is 2.07. The third kappa shape index (κ3) is 6.32. The van der Waals surface area contributed by atoms with Gasteiger partial charge in [-0.05, 0) is 12.8 Å². The van der Waals surface area contributed by atoms with Crippen LogP contribution < -0.4 is 0 Å². The van der Waals surface area contributed by atoms with Crippen LogP contribution in [0.15, 0.2) is 24.3 Å². The van der Waals surface area contributed by atoms with E-state index in [2.05, 4.69) is 13.0 Å². The first kappa shape index (κ1) is 12.2. The molecule has 1 atom stereocenters. The maximum Gasteiger partial charge on any atom is 0.139 e. The number of Topliss-reactive ketones (excluding diaryl/α,β-unsaturated/α-hetero) is 1. The Morgan fingerprint density at radius 3 is 2.38 bits per heavy atom. The van der Waals surface area contributed by atoms with Crippen molar-refractivity contribution in [2.75, 3.05) is 0 Å². The van der Waals surface area contributed by atoms with E-state index in [1.807, 2.05) is 32.1 Å². The molecule has 0 radical (unpaired) electrons. The largest absolute Gasteiger partial charge is 0.299 e. The lowest BCUT2D eigenvalue weighted by molar-refractivity contribution is -0.121.